The van der Waals surface area contributed by atoms with Crippen LogP contribution in [0.4, 0.5) is 5.69 Å². The summed E-state index contributed by atoms with van der Waals surface area (Å²) < 4.78 is 0. The first-order chi connectivity index (χ1) is 9.63. The lowest BCUT2D eigenvalue weighted by molar-refractivity contribution is 0.0526. The number of aliphatic hydroxyl groups is 1. The molecule has 1 fully saturated rings. The molecule has 1 aromatic rings. The van der Waals surface area contributed by atoms with Gasteiger partial charge < -0.3 is 15.3 Å². The molecule has 0 aliphatic heterocycles. The van der Waals surface area contributed by atoms with Crippen molar-refractivity contribution >= 4 is 11.6 Å². The molecule has 0 heterocycles. The summed E-state index contributed by atoms with van der Waals surface area (Å²) in [4.78, 5) is 14.6. The molecule has 2 rings (SSSR count). The van der Waals surface area contributed by atoms with E-state index in [-0.39, 0.29) is 18.6 Å². The quantitative estimate of drug-likeness (QED) is 0.839. The lowest BCUT2D eigenvalue weighted by Gasteiger charge is -2.37. The molecule has 0 spiro atoms. The molecule has 0 bridgehead atoms. The third-order valence-corrected chi connectivity index (χ3v) is 3.72. The number of nitrogens with one attached hydrogen (secondary N) is 1. The van der Waals surface area contributed by atoms with E-state index in [4.69, 9.17) is 0 Å². The SMILES string of the molecule is CC(C)Nc1ccccc1C(=O)N(CCO)C1CCC1. The summed E-state index contributed by atoms with van der Waals surface area (Å²) in [6.45, 7) is 4.54. The summed E-state index contributed by atoms with van der Waals surface area (Å²) in [5.74, 6) is 0.0208. The van der Waals surface area contributed by atoms with Crippen molar-refractivity contribution in [3.8, 4) is 0 Å². The zero-order valence-corrected chi connectivity index (χ0v) is 12.3. The zero-order chi connectivity index (χ0) is 14.5. The maximum absolute atomic E-state index is 12.7. The minimum atomic E-state index is 0.0159. The van der Waals surface area contributed by atoms with E-state index in [1.165, 1.54) is 6.42 Å². The normalized spacial score (nSPS) is 15.0. The summed E-state index contributed by atoms with van der Waals surface area (Å²) in [5, 5.41) is 12.5. The van der Waals surface area contributed by atoms with Crippen LogP contribution in [0.15, 0.2) is 24.3 Å². The van der Waals surface area contributed by atoms with Crippen molar-refractivity contribution in [3.63, 3.8) is 0 Å². The maximum Gasteiger partial charge on any atom is 0.256 e. The van der Waals surface area contributed by atoms with E-state index in [1.54, 1.807) is 0 Å². The predicted molar refractivity (Wildman–Crippen MR) is 81.0 cm³/mol. The standard InChI is InChI=1S/C16H24N2O2/c1-12(2)17-15-9-4-3-8-14(15)16(20)18(10-11-19)13-6-5-7-13/h3-4,8-9,12-13,17,19H,5-7,10-11H2,1-2H3. The van der Waals surface area contributed by atoms with Crippen LogP contribution < -0.4 is 5.32 Å². The van der Waals surface area contributed by atoms with Gasteiger partial charge in [0.05, 0.1) is 12.2 Å². The Morgan fingerprint density at radius 3 is 2.65 bits per heavy atom. The Morgan fingerprint density at radius 1 is 1.40 bits per heavy atom. The summed E-state index contributed by atoms with van der Waals surface area (Å²) in [6, 6.07) is 8.18. The van der Waals surface area contributed by atoms with E-state index in [0.717, 1.165) is 18.5 Å². The number of para-hydroxylation sites is 1. The van der Waals surface area contributed by atoms with Crippen molar-refractivity contribution in [2.24, 2.45) is 0 Å². The third-order valence-electron chi connectivity index (χ3n) is 3.72. The largest absolute Gasteiger partial charge is 0.395 e. The molecular formula is C16H24N2O2. The van der Waals surface area contributed by atoms with Gasteiger partial charge in [0.25, 0.3) is 5.91 Å². The van der Waals surface area contributed by atoms with Crippen LogP contribution >= 0.6 is 0 Å². The van der Waals surface area contributed by atoms with Crippen molar-refractivity contribution in [3.05, 3.63) is 29.8 Å². The molecule has 0 radical (unpaired) electrons. The van der Waals surface area contributed by atoms with Gasteiger partial charge >= 0.3 is 0 Å². The molecule has 1 aliphatic carbocycles. The van der Waals surface area contributed by atoms with E-state index in [9.17, 15) is 9.90 Å². The average molecular weight is 276 g/mol. The molecule has 1 amide bonds. The minimum Gasteiger partial charge on any atom is -0.395 e. The molecule has 110 valence electrons. The van der Waals surface area contributed by atoms with Crippen molar-refractivity contribution in [1.82, 2.24) is 4.90 Å². The number of aliphatic hydroxyl groups excluding tert-OH is 1. The van der Waals surface area contributed by atoms with E-state index in [1.807, 2.05) is 29.2 Å². The van der Waals surface area contributed by atoms with Gasteiger partial charge in [0.1, 0.15) is 0 Å². The summed E-state index contributed by atoms with van der Waals surface area (Å²) >= 11 is 0. The second-order valence-electron chi connectivity index (χ2n) is 5.65. The molecule has 4 heteroatoms. The number of amides is 1. The van der Waals surface area contributed by atoms with Crippen LogP contribution in [0.2, 0.25) is 0 Å². The first-order valence-corrected chi connectivity index (χ1v) is 7.41. The van der Waals surface area contributed by atoms with E-state index < -0.39 is 0 Å². The highest BCUT2D eigenvalue weighted by Gasteiger charge is 2.29. The second kappa shape index (κ2) is 6.75. The Balaban J connectivity index is 2.21. The molecule has 0 saturated heterocycles. The number of nitrogens with zero attached hydrogens (tertiary/aromatic N) is 1. The van der Waals surface area contributed by atoms with Crippen LogP contribution in [-0.2, 0) is 0 Å². The van der Waals surface area contributed by atoms with Gasteiger partial charge in [0.15, 0.2) is 0 Å². The molecule has 20 heavy (non-hydrogen) atoms. The Labute approximate surface area is 120 Å². The Bertz CT molecular complexity index is 456. The molecular weight excluding hydrogens is 252 g/mol. The highest BCUT2D eigenvalue weighted by Crippen LogP contribution is 2.27. The van der Waals surface area contributed by atoms with Gasteiger partial charge in [0.2, 0.25) is 0 Å². The number of hydrogen-bond acceptors (Lipinski definition) is 3. The minimum absolute atomic E-state index is 0.0159. The lowest BCUT2D eigenvalue weighted by atomic mass is 9.91. The molecule has 2 N–H and O–H groups in total. The number of rotatable bonds is 6. The topological polar surface area (TPSA) is 52.6 Å². The van der Waals surface area contributed by atoms with Crippen LogP contribution in [-0.4, -0.2) is 41.1 Å². The van der Waals surface area contributed by atoms with Crippen molar-refractivity contribution < 1.29 is 9.90 Å². The number of carbonyl (C=O) groups is 1. The van der Waals surface area contributed by atoms with E-state index in [2.05, 4.69) is 19.2 Å². The molecule has 0 atom stereocenters. The fraction of sp³-hybridized carbons (Fsp3) is 0.562. The summed E-state index contributed by atoms with van der Waals surface area (Å²) in [6.07, 6.45) is 3.27. The van der Waals surface area contributed by atoms with Crippen molar-refractivity contribution in [2.75, 3.05) is 18.5 Å². The highest BCUT2D eigenvalue weighted by atomic mass is 16.3. The van der Waals surface area contributed by atoms with Gasteiger partial charge in [-0.1, -0.05) is 12.1 Å². The smallest absolute Gasteiger partial charge is 0.256 e. The lowest BCUT2D eigenvalue weighted by Crippen LogP contribution is -2.45. The van der Waals surface area contributed by atoms with Crippen LogP contribution in [0.25, 0.3) is 0 Å². The summed E-state index contributed by atoms with van der Waals surface area (Å²) in [7, 11) is 0. The van der Waals surface area contributed by atoms with Gasteiger partial charge in [0, 0.05) is 24.3 Å². The molecule has 4 nitrogen and oxygen atoms in total. The maximum atomic E-state index is 12.7. The second-order valence-corrected chi connectivity index (χ2v) is 5.65. The fourth-order valence-electron chi connectivity index (χ4n) is 2.52. The first-order valence-electron chi connectivity index (χ1n) is 7.41. The van der Waals surface area contributed by atoms with E-state index >= 15 is 0 Å². The van der Waals surface area contributed by atoms with Gasteiger partial charge in [-0.15, -0.1) is 0 Å². The van der Waals surface area contributed by atoms with Crippen LogP contribution in [0.1, 0.15) is 43.5 Å². The van der Waals surface area contributed by atoms with Gasteiger partial charge in [-0.25, -0.2) is 0 Å². The van der Waals surface area contributed by atoms with Crippen LogP contribution in [0.5, 0.6) is 0 Å². The first kappa shape index (κ1) is 14.9. The van der Waals surface area contributed by atoms with Gasteiger partial charge in [-0.05, 0) is 45.2 Å². The van der Waals surface area contributed by atoms with Crippen LogP contribution in [0, 0.1) is 0 Å². The Hall–Kier alpha value is -1.55. The number of carbonyl (C=O) groups excluding carboxylic acids is 1. The van der Waals surface area contributed by atoms with Gasteiger partial charge in [-0.2, -0.15) is 0 Å². The predicted octanol–water partition coefficient (Wildman–Crippen LogP) is 2.49. The number of hydrogen-bond donors (Lipinski definition) is 2. The summed E-state index contributed by atoms with van der Waals surface area (Å²) in [5.41, 5.74) is 1.57. The monoisotopic (exact) mass is 276 g/mol. The van der Waals surface area contributed by atoms with Crippen LogP contribution in [0.3, 0.4) is 0 Å². The Kier molecular flexibility index (Phi) is 5.01. The molecule has 0 aromatic heterocycles. The highest BCUT2D eigenvalue weighted by molar-refractivity contribution is 5.99. The van der Waals surface area contributed by atoms with Crippen molar-refractivity contribution in [2.45, 2.75) is 45.2 Å². The fourth-order valence-corrected chi connectivity index (χ4v) is 2.52. The zero-order valence-electron chi connectivity index (χ0n) is 12.3. The number of anilines is 1. The average Bonchev–Trinajstić information content (AvgIpc) is 2.35. The Morgan fingerprint density at radius 2 is 2.10 bits per heavy atom. The third kappa shape index (κ3) is 3.31. The molecule has 1 aliphatic rings. The van der Waals surface area contributed by atoms with E-state index in [0.29, 0.717) is 18.2 Å². The number of benzene rings is 1. The van der Waals surface area contributed by atoms with Crippen molar-refractivity contribution in [1.29, 1.82) is 0 Å². The molecule has 0 unspecified atom stereocenters. The molecule has 1 saturated carbocycles. The molecule has 1 aromatic carbocycles. The van der Waals surface area contributed by atoms with Gasteiger partial charge in [-0.3, -0.25) is 4.79 Å².